The average Bonchev–Trinajstić information content (AvgIpc) is 3.28. The van der Waals surface area contributed by atoms with Gasteiger partial charge in [0.05, 0.1) is 0 Å². The largest absolute Gasteiger partial charge is 0.462 e. The zero-order valence-electron chi connectivity index (χ0n) is 44.6. The highest BCUT2D eigenvalue weighted by Gasteiger charge is 2.19. The fourth-order valence-electron chi connectivity index (χ4n) is 9.05. The van der Waals surface area contributed by atoms with E-state index in [1.54, 1.807) is 0 Å². The number of esters is 3. The van der Waals surface area contributed by atoms with Crippen LogP contribution in [0, 0.1) is 11.8 Å². The fourth-order valence-corrected chi connectivity index (χ4v) is 9.05. The number of rotatable bonds is 53. The molecular formula is C59H114O6. The Bertz CT molecular complexity index is 993. The van der Waals surface area contributed by atoms with Crippen molar-refractivity contribution < 1.29 is 28.6 Å². The number of carbonyl (C=O) groups is 3. The number of hydrogen-bond donors (Lipinski definition) is 0. The molecule has 0 aromatic carbocycles. The van der Waals surface area contributed by atoms with Gasteiger partial charge in [-0.05, 0) is 31.1 Å². The predicted octanol–water partition coefficient (Wildman–Crippen LogP) is 19.3. The van der Waals surface area contributed by atoms with E-state index >= 15 is 0 Å². The van der Waals surface area contributed by atoms with Crippen LogP contribution < -0.4 is 0 Å². The van der Waals surface area contributed by atoms with Crippen LogP contribution in [0.15, 0.2) is 0 Å². The molecule has 0 rings (SSSR count). The summed E-state index contributed by atoms with van der Waals surface area (Å²) < 4.78 is 16.9. The zero-order valence-corrected chi connectivity index (χ0v) is 44.6. The number of hydrogen-bond acceptors (Lipinski definition) is 6. The summed E-state index contributed by atoms with van der Waals surface area (Å²) in [5, 5.41) is 0. The lowest BCUT2D eigenvalue weighted by Gasteiger charge is -2.18. The first-order valence-electron chi connectivity index (χ1n) is 29.2. The van der Waals surface area contributed by atoms with Gasteiger partial charge in [-0.3, -0.25) is 14.4 Å². The minimum atomic E-state index is -0.762. The molecule has 0 unspecified atom stereocenters. The minimum Gasteiger partial charge on any atom is -0.462 e. The van der Waals surface area contributed by atoms with Crippen molar-refractivity contribution in [2.75, 3.05) is 13.2 Å². The van der Waals surface area contributed by atoms with Gasteiger partial charge in [0.2, 0.25) is 0 Å². The molecule has 0 aromatic rings. The molecule has 0 aliphatic rings. The van der Waals surface area contributed by atoms with Gasteiger partial charge >= 0.3 is 17.9 Å². The Kier molecular flexibility index (Phi) is 50.5. The van der Waals surface area contributed by atoms with Gasteiger partial charge in [0.1, 0.15) is 13.2 Å². The van der Waals surface area contributed by atoms with E-state index in [1.165, 1.54) is 218 Å². The van der Waals surface area contributed by atoms with Crippen LogP contribution in [-0.2, 0) is 28.6 Å². The Morgan fingerprint density at radius 3 is 0.754 bits per heavy atom. The molecule has 0 N–H and O–H groups in total. The molecule has 0 aliphatic carbocycles. The molecule has 0 aromatic heterocycles. The lowest BCUT2D eigenvalue weighted by atomic mass is 10.0. The quantitative estimate of drug-likeness (QED) is 0.0344. The van der Waals surface area contributed by atoms with Crippen molar-refractivity contribution in [3.05, 3.63) is 0 Å². The number of carbonyl (C=O) groups excluding carboxylic acids is 3. The molecule has 0 spiro atoms. The van der Waals surface area contributed by atoms with Gasteiger partial charge < -0.3 is 14.2 Å². The zero-order chi connectivity index (χ0) is 47.5. The van der Waals surface area contributed by atoms with E-state index in [-0.39, 0.29) is 31.1 Å². The minimum absolute atomic E-state index is 0.0625. The molecule has 6 heteroatoms. The van der Waals surface area contributed by atoms with Crippen LogP contribution in [0.5, 0.6) is 0 Å². The van der Waals surface area contributed by atoms with Crippen LogP contribution in [0.1, 0.15) is 330 Å². The summed E-state index contributed by atoms with van der Waals surface area (Å²) in [6, 6.07) is 0. The highest BCUT2D eigenvalue weighted by Crippen LogP contribution is 2.18. The second kappa shape index (κ2) is 51.8. The molecule has 0 amide bonds. The molecule has 65 heavy (non-hydrogen) atoms. The summed E-state index contributed by atoms with van der Waals surface area (Å²) in [4.78, 5) is 38.1. The molecule has 0 heterocycles. The second-order valence-corrected chi connectivity index (χ2v) is 21.2. The summed E-state index contributed by atoms with van der Waals surface area (Å²) in [5.74, 6) is 0.861. The Morgan fingerprint density at radius 2 is 0.508 bits per heavy atom. The van der Waals surface area contributed by atoms with Crippen LogP contribution in [0.3, 0.4) is 0 Å². The van der Waals surface area contributed by atoms with Crippen LogP contribution in [0.4, 0.5) is 0 Å². The lowest BCUT2D eigenvalue weighted by Crippen LogP contribution is -2.30. The van der Waals surface area contributed by atoms with Crippen molar-refractivity contribution in [1.82, 2.24) is 0 Å². The Balaban J connectivity index is 4.23. The molecule has 0 saturated carbocycles. The van der Waals surface area contributed by atoms with E-state index in [1.807, 2.05) is 0 Å². The fraction of sp³-hybridized carbons (Fsp3) is 0.949. The normalized spacial score (nSPS) is 12.0. The van der Waals surface area contributed by atoms with Gasteiger partial charge in [0.25, 0.3) is 0 Å². The van der Waals surface area contributed by atoms with Gasteiger partial charge in [-0.1, -0.05) is 291 Å². The van der Waals surface area contributed by atoms with Crippen molar-refractivity contribution in [3.8, 4) is 0 Å². The topological polar surface area (TPSA) is 78.9 Å². The molecule has 0 aliphatic heterocycles. The maximum atomic E-state index is 12.8. The molecule has 6 nitrogen and oxygen atoms in total. The lowest BCUT2D eigenvalue weighted by molar-refractivity contribution is -0.167. The first-order valence-corrected chi connectivity index (χ1v) is 29.2. The summed E-state index contributed by atoms with van der Waals surface area (Å²) in [7, 11) is 0. The first kappa shape index (κ1) is 63.4. The third-order valence-electron chi connectivity index (χ3n) is 13.5. The van der Waals surface area contributed by atoms with Crippen molar-refractivity contribution >= 4 is 17.9 Å². The van der Waals surface area contributed by atoms with Gasteiger partial charge in [-0.15, -0.1) is 0 Å². The molecular weight excluding hydrogens is 805 g/mol. The Morgan fingerprint density at radius 1 is 0.292 bits per heavy atom. The average molecular weight is 920 g/mol. The van der Waals surface area contributed by atoms with Crippen molar-refractivity contribution in [3.63, 3.8) is 0 Å². The van der Waals surface area contributed by atoms with Gasteiger partial charge in [0.15, 0.2) is 6.10 Å². The van der Waals surface area contributed by atoms with Crippen molar-refractivity contribution in [1.29, 1.82) is 0 Å². The van der Waals surface area contributed by atoms with E-state index < -0.39 is 6.10 Å². The summed E-state index contributed by atoms with van der Waals surface area (Å²) >= 11 is 0. The van der Waals surface area contributed by atoms with Gasteiger partial charge in [0, 0.05) is 19.3 Å². The van der Waals surface area contributed by atoms with Crippen LogP contribution in [0.25, 0.3) is 0 Å². The summed E-state index contributed by atoms with van der Waals surface area (Å²) in [5.41, 5.74) is 0. The summed E-state index contributed by atoms with van der Waals surface area (Å²) in [6.45, 7) is 11.4. The predicted molar refractivity (Wildman–Crippen MR) is 280 cm³/mol. The Hall–Kier alpha value is -1.59. The third-order valence-corrected chi connectivity index (χ3v) is 13.5. The highest BCUT2D eigenvalue weighted by molar-refractivity contribution is 5.71. The van der Waals surface area contributed by atoms with Crippen LogP contribution >= 0.6 is 0 Å². The molecule has 0 radical (unpaired) electrons. The Labute approximate surface area is 406 Å². The smallest absolute Gasteiger partial charge is 0.306 e. The SMILES string of the molecule is CCCCCCCCCCCCC(=O)OC[C@@H](COC(=O)CCCCCCCCCCCCCCCCCC(C)C)OC(=O)CCCCCCCCCCCCCCCCCCC(C)C. The van der Waals surface area contributed by atoms with Crippen LogP contribution in [-0.4, -0.2) is 37.2 Å². The molecule has 0 bridgehead atoms. The van der Waals surface area contributed by atoms with Gasteiger partial charge in [-0.25, -0.2) is 0 Å². The van der Waals surface area contributed by atoms with E-state index in [9.17, 15) is 14.4 Å². The molecule has 0 saturated heterocycles. The van der Waals surface area contributed by atoms with E-state index in [0.29, 0.717) is 19.3 Å². The number of ether oxygens (including phenoxy) is 3. The molecule has 0 fully saturated rings. The van der Waals surface area contributed by atoms with Crippen molar-refractivity contribution in [2.45, 2.75) is 336 Å². The van der Waals surface area contributed by atoms with Gasteiger partial charge in [-0.2, -0.15) is 0 Å². The second-order valence-electron chi connectivity index (χ2n) is 21.2. The van der Waals surface area contributed by atoms with E-state index in [4.69, 9.17) is 14.2 Å². The number of unbranched alkanes of at least 4 members (excludes halogenated alkanes) is 38. The molecule has 386 valence electrons. The third kappa shape index (κ3) is 53.2. The summed E-state index contributed by atoms with van der Waals surface area (Å²) in [6.07, 6.45) is 55.3. The van der Waals surface area contributed by atoms with E-state index in [0.717, 1.165) is 69.6 Å². The molecule has 1 atom stereocenters. The maximum absolute atomic E-state index is 12.8. The highest BCUT2D eigenvalue weighted by atomic mass is 16.6. The van der Waals surface area contributed by atoms with Crippen LogP contribution in [0.2, 0.25) is 0 Å². The maximum Gasteiger partial charge on any atom is 0.306 e. The standard InChI is InChI=1S/C59H114O6/c1-6-7-8-9-10-11-29-34-39-44-49-57(60)63-52-56(53-64-58(61)50-45-40-35-30-25-21-18-14-16-20-24-28-33-38-43-48-55(4)5)65-59(62)51-46-41-36-31-26-22-17-13-12-15-19-23-27-32-37-42-47-54(2)3/h54-56H,6-53H2,1-5H3/t56-/m0/s1. The van der Waals surface area contributed by atoms with Crippen molar-refractivity contribution in [2.24, 2.45) is 11.8 Å². The monoisotopic (exact) mass is 919 g/mol. The van der Waals surface area contributed by atoms with E-state index in [2.05, 4.69) is 34.6 Å². The first-order chi connectivity index (χ1) is 31.7.